The van der Waals surface area contributed by atoms with E-state index in [4.69, 9.17) is 27.6 Å². The van der Waals surface area contributed by atoms with Crippen molar-refractivity contribution in [1.82, 2.24) is 0 Å². The molecule has 6 nitrogen and oxygen atoms in total. The summed E-state index contributed by atoms with van der Waals surface area (Å²) in [5, 5.41) is 6.94. The topological polar surface area (TPSA) is 101 Å². The van der Waals surface area contributed by atoms with Crippen LogP contribution in [0, 0.1) is 17.4 Å². The van der Waals surface area contributed by atoms with Gasteiger partial charge >= 0.3 is 0 Å². The molecule has 3 N–H and O–H groups in total. The largest absolute Gasteiger partial charge is 0.385 e. The molecule has 0 aliphatic heterocycles. The Morgan fingerprint density at radius 3 is 2.78 bits per heavy atom. The second kappa shape index (κ2) is 6.37. The minimum atomic E-state index is -0.192. The van der Waals surface area contributed by atoms with Crippen LogP contribution in [0.4, 0.5) is 0 Å². The number of hydrogen-bond donors (Lipinski definition) is 2. The van der Waals surface area contributed by atoms with Gasteiger partial charge in [0.25, 0.3) is 0 Å². The van der Waals surface area contributed by atoms with E-state index >= 15 is 0 Å². The second-order valence-corrected chi connectivity index (χ2v) is 6.56. The summed E-state index contributed by atoms with van der Waals surface area (Å²) < 4.78 is 5.83. The molecule has 3 rings (SSSR count). The van der Waals surface area contributed by atoms with Gasteiger partial charge in [-0.2, -0.15) is 5.53 Å². The van der Waals surface area contributed by atoms with E-state index in [0.717, 1.165) is 18.4 Å². The first kappa shape index (κ1) is 16.1. The van der Waals surface area contributed by atoms with Crippen molar-refractivity contribution in [3.8, 4) is 0 Å². The van der Waals surface area contributed by atoms with Crippen molar-refractivity contribution < 1.29 is 9.53 Å². The summed E-state index contributed by atoms with van der Waals surface area (Å²) in [5.41, 5.74) is 13.8. The monoisotopic (exact) mass is 334 g/mol. The Balaban J connectivity index is 1.69. The Morgan fingerprint density at radius 1 is 1.43 bits per heavy atom. The van der Waals surface area contributed by atoms with E-state index in [0.29, 0.717) is 23.1 Å². The third kappa shape index (κ3) is 3.59. The highest BCUT2D eigenvalue weighted by Gasteiger charge is 2.46. The Labute approximate surface area is 139 Å². The van der Waals surface area contributed by atoms with Crippen molar-refractivity contribution in [2.75, 3.05) is 0 Å². The molecule has 0 spiro atoms. The normalized spacial score (nSPS) is 25.0. The van der Waals surface area contributed by atoms with Crippen LogP contribution in [0.5, 0.6) is 0 Å². The average molecular weight is 335 g/mol. The van der Waals surface area contributed by atoms with Gasteiger partial charge in [0.15, 0.2) is 5.78 Å². The first-order valence-electron chi connectivity index (χ1n) is 7.70. The number of amidine groups is 1. The molecule has 2 fully saturated rings. The number of carbonyl (C=O) groups excluding carboxylic acids is 1. The Kier molecular flexibility index (Phi) is 4.46. The van der Waals surface area contributed by atoms with Gasteiger partial charge in [-0.15, -0.1) is 5.10 Å². The molecule has 0 heterocycles. The molecule has 0 amide bonds. The van der Waals surface area contributed by atoms with Crippen LogP contribution in [-0.4, -0.2) is 17.7 Å². The fraction of sp³-hybridized carbons (Fsp3) is 0.500. The summed E-state index contributed by atoms with van der Waals surface area (Å²) in [7, 11) is 0. The van der Waals surface area contributed by atoms with Crippen LogP contribution in [0.3, 0.4) is 0 Å². The number of Topliss-reactive ketones (excluding diaryl/α,β-unsaturated/α-hetero) is 1. The van der Waals surface area contributed by atoms with Crippen molar-refractivity contribution in [1.29, 1.82) is 5.53 Å². The van der Waals surface area contributed by atoms with E-state index in [1.165, 1.54) is 0 Å². The number of nitrogens with two attached hydrogens (primary N) is 1. The zero-order valence-corrected chi connectivity index (χ0v) is 13.6. The predicted octanol–water partition coefficient (Wildman–Crippen LogP) is 3.70. The van der Waals surface area contributed by atoms with E-state index in [-0.39, 0.29) is 29.6 Å². The van der Waals surface area contributed by atoms with E-state index in [1.807, 2.05) is 13.0 Å². The minimum absolute atomic E-state index is 0.00217. The molecule has 122 valence electrons. The summed E-state index contributed by atoms with van der Waals surface area (Å²) in [4.78, 5) is 12.5. The number of nitrogens with one attached hydrogen (secondary N) is 1. The van der Waals surface area contributed by atoms with Crippen LogP contribution in [0.2, 0.25) is 5.02 Å². The van der Waals surface area contributed by atoms with Crippen molar-refractivity contribution in [3.05, 3.63) is 34.3 Å². The zero-order valence-electron chi connectivity index (χ0n) is 12.8. The molecule has 1 aromatic rings. The standard InChI is InChI=1S/C16H19ClN4O2/c1-8(23-10-3-4-10)11-5-2-9(6-14(11)17)15(22)12-7-13(12)16(18)20-21-19/h2,5-6,8,10,12-13H,3-4,7H2,1H3,(H3,18,19,20). The highest BCUT2D eigenvalue weighted by atomic mass is 35.5. The summed E-state index contributed by atoms with van der Waals surface area (Å²) in [6.45, 7) is 1.97. The van der Waals surface area contributed by atoms with Crippen LogP contribution in [-0.2, 0) is 4.74 Å². The highest BCUT2D eigenvalue weighted by Crippen LogP contribution is 2.42. The highest BCUT2D eigenvalue weighted by molar-refractivity contribution is 6.31. The van der Waals surface area contributed by atoms with Gasteiger partial charge in [-0.05, 0) is 37.8 Å². The maximum atomic E-state index is 12.5. The first-order valence-corrected chi connectivity index (χ1v) is 8.08. The predicted molar refractivity (Wildman–Crippen MR) is 86.7 cm³/mol. The lowest BCUT2D eigenvalue weighted by Crippen LogP contribution is -2.17. The van der Waals surface area contributed by atoms with Gasteiger partial charge in [-0.3, -0.25) is 4.79 Å². The second-order valence-electron chi connectivity index (χ2n) is 6.15. The molecular formula is C16H19ClN4O2. The van der Waals surface area contributed by atoms with Crippen molar-refractivity contribution >= 4 is 23.2 Å². The molecule has 23 heavy (non-hydrogen) atoms. The van der Waals surface area contributed by atoms with E-state index < -0.39 is 0 Å². The van der Waals surface area contributed by atoms with Crippen molar-refractivity contribution in [3.63, 3.8) is 0 Å². The van der Waals surface area contributed by atoms with Gasteiger partial charge in [0, 0.05) is 22.4 Å². The molecule has 0 saturated heterocycles. The molecular weight excluding hydrogens is 316 g/mol. The third-order valence-corrected chi connectivity index (χ3v) is 4.64. The maximum Gasteiger partial charge on any atom is 0.166 e. The maximum absolute atomic E-state index is 12.5. The van der Waals surface area contributed by atoms with Gasteiger partial charge in [-0.1, -0.05) is 29.0 Å². The van der Waals surface area contributed by atoms with Gasteiger partial charge in [0.1, 0.15) is 5.84 Å². The quantitative estimate of drug-likeness (QED) is 0.261. The van der Waals surface area contributed by atoms with Gasteiger partial charge in [0.05, 0.1) is 12.2 Å². The molecule has 2 saturated carbocycles. The number of nitrogens with zero attached hydrogens (tertiary/aromatic N) is 2. The molecule has 2 aliphatic rings. The van der Waals surface area contributed by atoms with Crippen molar-refractivity contribution in [2.24, 2.45) is 27.9 Å². The number of carbonyl (C=O) groups is 1. The molecule has 7 heteroatoms. The average Bonchev–Trinajstić information content (AvgIpc) is 3.40. The first-order chi connectivity index (χ1) is 11.0. The summed E-state index contributed by atoms with van der Waals surface area (Å²) in [5.74, 6) is -0.0652. The van der Waals surface area contributed by atoms with E-state index in [9.17, 15) is 4.79 Å². The molecule has 0 aromatic heterocycles. The van der Waals surface area contributed by atoms with Crippen LogP contribution in [0.1, 0.15) is 48.2 Å². The zero-order chi connectivity index (χ0) is 16.6. The number of ketones is 1. The smallest absolute Gasteiger partial charge is 0.166 e. The van der Waals surface area contributed by atoms with E-state index in [1.54, 1.807) is 12.1 Å². The molecule has 1 aromatic carbocycles. The fourth-order valence-electron chi connectivity index (χ4n) is 2.73. The Morgan fingerprint density at radius 2 is 2.17 bits per heavy atom. The number of hydrogen-bond acceptors (Lipinski definition) is 4. The number of benzene rings is 1. The lowest BCUT2D eigenvalue weighted by molar-refractivity contribution is 0.0519. The van der Waals surface area contributed by atoms with Gasteiger partial charge in [-0.25, -0.2) is 0 Å². The van der Waals surface area contributed by atoms with Crippen molar-refractivity contribution in [2.45, 2.75) is 38.4 Å². The van der Waals surface area contributed by atoms with Gasteiger partial charge in [0.2, 0.25) is 0 Å². The van der Waals surface area contributed by atoms with E-state index in [2.05, 4.69) is 10.3 Å². The summed E-state index contributed by atoms with van der Waals surface area (Å²) >= 11 is 6.33. The summed E-state index contributed by atoms with van der Waals surface area (Å²) in [6, 6.07) is 5.34. The lowest BCUT2D eigenvalue weighted by Gasteiger charge is -2.15. The molecule has 0 bridgehead atoms. The third-order valence-electron chi connectivity index (χ3n) is 4.32. The number of rotatable bonds is 7. The lowest BCUT2D eigenvalue weighted by atomic mass is 10.0. The Hall–Kier alpha value is -1.79. The molecule has 2 aliphatic carbocycles. The van der Waals surface area contributed by atoms with Crippen LogP contribution in [0.25, 0.3) is 0 Å². The van der Waals surface area contributed by atoms with Gasteiger partial charge < -0.3 is 10.5 Å². The minimum Gasteiger partial charge on any atom is -0.385 e. The molecule has 3 unspecified atom stereocenters. The Bertz CT molecular complexity index is 672. The summed E-state index contributed by atoms with van der Waals surface area (Å²) in [6.07, 6.45) is 3.13. The molecule has 3 atom stereocenters. The van der Waals surface area contributed by atoms with Crippen LogP contribution < -0.4 is 5.73 Å². The molecule has 0 radical (unpaired) electrons. The van der Waals surface area contributed by atoms with Crippen LogP contribution >= 0.6 is 11.6 Å². The fourth-order valence-corrected chi connectivity index (χ4v) is 3.07. The number of ether oxygens (including phenoxy) is 1. The van der Waals surface area contributed by atoms with Crippen LogP contribution in [0.15, 0.2) is 28.5 Å². The SMILES string of the molecule is CC(OC1CC1)c1ccc(C(=O)C2CC2C(N)=NN=N)cc1Cl. The number of halogens is 1.